The average molecular weight is 218 g/mol. The molecule has 1 saturated carbocycles. The van der Waals surface area contributed by atoms with E-state index >= 15 is 0 Å². The minimum atomic E-state index is -0.685. The molecule has 1 N–H and O–H groups in total. The van der Waals surface area contributed by atoms with E-state index in [4.69, 9.17) is 0 Å². The van der Waals surface area contributed by atoms with Crippen LogP contribution in [-0.4, -0.2) is 5.11 Å². The quantitative estimate of drug-likeness (QED) is 0.804. The van der Waals surface area contributed by atoms with Gasteiger partial charge in [0.25, 0.3) is 0 Å². The predicted molar refractivity (Wildman–Crippen MR) is 67.6 cm³/mol. The van der Waals surface area contributed by atoms with Crippen LogP contribution in [0.4, 0.5) is 0 Å². The first kappa shape index (κ1) is 11.7. The standard InChI is InChI=1S/C15H22O/c1-10-8-12(3)13(9-11(10)2)15(5,16)14(4)6-7-14/h8-9,16H,6-7H2,1-5H3. The van der Waals surface area contributed by atoms with Gasteiger partial charge in [0.15, 0.2) is 0 Å². The van der Waals surface area contributed by atoms with E-state index in [0.717, 1.165) is 18.4 Å². The topological polar surface area (TPSA) is 20.2 Å². The van der Waals surface area contributed by atoms with Gasteiger partial charge < -0.3 is 5.11 Å². The summed E-state index contributed by atoms with van der Waals surface area (Å²) in [6.07, 6.45) is 2.26. The largest absolute Gasteiger partial charge is 0.385 e. The summed E-state index contributed by atoms with van der Waals surface area (Å²) in [5.41, 5.74) is 4.29. The summed E-state index contributed by atoms with van der Waals surface area (Å²) < 4.78 is 0. The third kappa shape index (κ3) is 1.58. The first-order chi connectivity index (χ1) is 7.28. The summed E-state index contributed by atoms with van der Waals surface area (Å²) in [4.78, 5) is 0. The summed E-state index contributed by atoms with van der Waals surface area (Å²) >= 11 is 0. The van der Waals surface area contributed by atoms with Crippen molar-refractivity contribution in [2.24, 2.45) is 5.41 Å². The van der Waals surface area contributed by atoms with Gasteiger partial charge in [-0.1, -0.05) is 19.1 Å². The van der Waals surface area contributed by atoms with E-state index in [1.807, 2.05) is 6.92 Å². The zero-order chi connectivity index (χ0) is 12.1. The molecule has 1 aromatic rings. The highest BCUT2D eigenvalue weighted by Gasteiger charge is 2.53. The smallest absolute Gasteiger partial charge is 0.0924 e. The molecule has 0 spiro atoms. The van der Waals surface area contributed by atoms with Crippen LogP contribution in [0.3, 0.4) is 0 Å². The monoisotopic (exact) mass is 218 g/mol. The van der Waals surface area contributed by atoms with Crippen molar-refractivity contribution in [3.05, 3.63) is 34.4 Å². The summed E-state index contributed by atoms with van der Waals surface area (Å²) in [6, 6.07) is 4.35. The number of rotatable bonds is 2. The minimum absolute atomic E-state index is 0.0828. The highest BCUT2D eigenvalue weighted by molar-refractivity contribution is 5.41. The predicted octanol–water partition coefficient (Wildman–Crippen LogP) is 3.62. The molecule has 1 heteroatoms. The zero-order valence-electron chi connectivity index (χ0n) is 11.0. The first-order valence-corrected chi connectivity index (χ1v) is 6.09. The second-order valence-corrected chi connectivity index (χ2v) is 5.88. The summed E-state index contributed by atoms with van der Waals surface area (Å²) in [5, 5.41) is 10.8. The lowest BCUT2D eigenvalue weighted by Gasteiger charge is -2.33. The molecular weight excluding hydrogens is 196 g/mol. The molecule has 0 aromatic heterocycles. The first-order valence-electron chi connectivity index (χ1n) is 6.09. The van der Waals surface area contributed by atoms with Crippen molar-refractivity contribution in [2.45, 2.75) is 53.1 Å². The van der Waals surface area contributed by atoms with Crippen LogP contribution in [-0.2, 0) is 5.60 Å². The minimum Gasteiger partial charge on any atom is -0.385 e. The second kappa shape index (κ2) is 3.33. The average Bonchev–Trinajstić information content (AvgIpc) is 2.91. The molecule has 1 aliphatic carbocycles. The fraction of sp³-hybridized carbons (Fsp3) is 0.600. The van der Waals surface area contributed by atoms with E-state index < -0.39 is 5.60 Å². The SMILES string of the molecule is Cc1cc(C)c(C(C)(O)C2(C)CC2)cc1C. The highest BCUT2D eigenvalue weighted by Crippen LogP contribution is 2.58. The number of hydrogen-bond acceptors (Lipinski definition) is 1. The molecule has 1 aromatic carbocycles. The maximum atomic E-state index is 10.8. The normalized spacial score (nSPS) is 21.6. The van der Waals surface area contributed by atoms with Gasteiger partial charge in [-0.25, -0.2) is 0 Å². The van der Waals surface area contributed by atoms with Crippen molar-refractivity contribution in [2.75, 3.05) is 0 Å². The van der Waals surface area contributed by atoms with Gasteiger partial charge in [-0.3, -0.25) is 0 Å². The summed E-state index contributed by atoms with van der Waals surface area (Å²) in [7, 11) is 0. The van der Waals surface area contributed by atoms with Crippen molar-refractivity contribution in [1.29, 1.82) is 0 Å². The Morgan fingerprint density at radius 1 is 1.06 bits per heavy atom. The van der Waals surface area contributed by atoms with Crippen LogP contribution in [0.25, 0.3) is 0 Å². The van der Waals surface area contributed by atoms with Crippen LogP contribution in [0.1, 0.15) is 48.9 Å². The van der Waals surface area contributed by atoms with Crippen LogP contribution in [0.5, 0.6) is 0 Å². The second-order valence-electron chi connectivity index (χ2n) is 5.88. The molecule has 1 fully saturated rings. The van der Waals surface area contributed by atoms with Gasteiger partial charge in [0, 0.05) is 5.41 Å². The molecule has 16 heavy (non-hydrogen) atoms. The third-order valence-corrected chi connectivity index (χ3v) is 4.54. The van der Waals surface area contributed by atoms with Gasteiger partial charge in [0.2, 0.25) is 0 Å². The molecule has 2 rings (SSSR count). The van der Waals surface area contributed by atoms with Crippen LogP contribution in [0.15, 0.2) is 12.1 Å². The molecule has 0 radical (unpaired) electrons. The van der Waals surface area contributed by atoms with Crippen LogP contribution < -0.4 is 0 Å². The molecule has 88 valence electrons. The number of benzene rings is 1. The van der Waals surface area contributed by atoms with E-state index in [0.29, 0.717) is 0 Å². The molecule has 0 heterocycles. The van der Waals surface area contributed by atoms with Crippen molar-refractivity contribution in [3.63, 3.8) is 0 Å². The third-order valence-electron chi connectivity index (χ3n) is 4.54. The van der Waals surface area contributed by atoms with Crippen molar-refractivity contribution < 1.29 is 5.11 Å². The Balaban J connectivity index is 2.52. The lowest BCUT2D eigenvalue weighted by molar-refractivity contribution is -0.0132. The maximum Gasteiger partial charge on any atom is 0.0924 e. The van der Waals surface area contributed by atoms with Crippen molar-refractivity contribution in [3.8, 4) is 0 Å². The van der Waals surface area contributed by atoms with Gasteiger partial charge in [0.1, 0.15) is 0 Å². The van der Waals surface area contributed by atoms with Gasteiger partial charge in [0.05, 0.1) is 5.60 Å². The van der Waals surface area contributed by atoms with Crippen molar-refractivity contribution >= 4 is 0 Å². The molecule has 0 aliphatic heterocycles. The lowest BCUT2D eigenvalue weighted by Crippen LogP contribution is -2.32. The van der Waals surface area contributed by atoms with E-state index in [1.165, 1.54) is 16.7 Å². The molecule has 1 nitrogen and oxygen atoms in total. The highest BCUT2D eigenvalue weighted by atomic mass is 16.3. The van der Waals surface area contributed by atoms with Gasteiger partial charge >= 0.3 is 0 Å². The molecule has 0 amide bonds. The Kier molecular flexibility index (Phi) is 2.43. The molecule has 1 atom stereocenters. The summed E-state index contributed by atoms with van der Waals surface area (Å²) in [6.45, 7) is 10.5. The van der Waals surface area contributed by atoms with Gasteiger partial charge in [-0.15, -0.1) is 0 Å². The van der Waals surface area contributed by atoms with Gasteiger partial charge in [-0.05, 0) is 62.8 Å². The molecular formula is C15H22O. The van der Waals surface area contributed by atoms with Crippen LogP contribution in [0, 0.1) is 26.2 Å². The van der Waals surface area contributed by atoms with Crippen molar-refractivity contribution in [1.82, 2.24) is 0 Å². The molecule has 0 bridgehead atoms. The number of hydrogen-bond donors (Lipinski definition) is 1. The maximum absolute atomic E-state index is 10.8. The van der Waals surface area contributed by atoms with E-state index in [-0.39, 0.29) is 5.41 Å². The van der Waals surface area contributed by atoms with E-state index in [1.54, 1.807) is 0 Å². The van der Waals surface area contributed by atoms with E-state index in [9.17, 15) is 5.11 Å². The van der Waals surface area contributed by atoms with Crippen LogP contribution in [0.2, 0.25) is 0 Å². The number of aryl methyl sites for hydroxylation is 3. The Bertz CT molecular complexity index is 425. The molecule has 1 aliphatic rings. The lowest BCUT2D eigenvalue weighted by atomic mass is 9.78. The van der Waals surface area contributed by atoms with Gasteiger partial charge in [-0.2, -0.15) is 0 Å². The Morgan fingerprint density at radius 3 is 2.06 bits per heavy atom. The Hall–Kier alpha value is -0.820. The van der Waals surface area contributed by atoms with Crippen LogP contribution >= 0.6 is 0 Å². The Morgan fingerprint density at radius 2 is 1.56 bits per heavy atom. The molecule has 1 unspecified atom stereocenters. The number of aliphatic hydroxyl groups is 1. The zero-order valence-corrected chi connectivity index (χ0v) is 11.0. The Labute approximate surface area is 98.5 Å². The summed E-state index contributed by atoms with van der Waals surface area (Å²) in [5.74, 6) is 0. The molecule has 0 saturated heterocycles. The van der Waals surface area contributed by atoms with E-state index in [2.05, 4.69) is 39.8 Å². The fourth-order valence-corrected chi connectivity index (χ4v) is 2.48. The fourth-order valence-electron chi connectivity index (χ4n) is 2.48.